The maximum atomic E-state index is 12.1. The number of esters is 1. The van der Waals surface area contributed by atoms with Crippen molar-refractivity contribution in [2.45, 2.75) is 6.92 Å². The van der Waals surface area contributed by atoms with Crippen LogP contribution in [0, 0.1) is 6.92 Å². The molecule has 26 heavy (non-hydrogen) atoms. The summed E-state index contributed by atoms with van der Waals surface area (Å²) >= 11 is 5.82. The summed E-state index contributed by atoms with van der Waals surface area (Å²) in [6, 6.07) is 9.13. The van der Waals surface area contributed by atoms with Gasteiger partial charge in [-0.1, -0.05) is 17.7 Å². The Balaban J connectivity index is 2.08. The number of primary amides is 1. The first-order chi connectivity index (χ1) is 12.3. The lowest BCUT2D eigenvalue weighted by molar-refractivity contribution is -0.118. The number of methoxy groups -OCH3 is 1. The van der Waals surface area contributed by atoms with Gasteiger partial charge in [-0.05, 0) is 42.8 Å². The predicted octanol–water partition coefficient (Wildman–Crippen LogP) is 2.55. The quantitative estimate of drug-likeness (QED) is 0.753. The van der Waals surface area contributed by atoms with Crippen molar-refractivity contribution in [2.75, 3.05) is 19.0 Å². The zero-order valence-electron chi connectivity index (χ0n) is 14.2. The SMILES string of the molecule is COC(=O)c1ccc(C)c(NC(=O)COc2ccc(Cl)cc2C(N)=O)c1. The number of benzene rings is 2. The molecule has 0 saturated heterocycles. The molecule has 0 aliphatic carbocycles. The number of ether oxygens (including phenoxy) is 2. The fourth-order valence-corrected chi connectivity index (χ4v) is 2.32. The van der Waals surface area contributed by atoms with Gasteiger partial charge in [0.1, 0.15) is 5.75 Å². The normalized spacial score (nSPS) is 10.1. The second-order valence-corrected chi connectivity index (χ2v) is 5.80. The molecule has 0 aliphatic rings. The predicted molar refractivity (Wildman–Crippen MR) is 96.6 cm³/mol. The summed E-state index contributed by atoms with van der Waals surface area (Å²) in [6.45, 7) is 1.42. The number of anilines is 1. The second kappa shape index (κ2) is 8.35. The van der Waals surface area contributed by atoms with Gasteiger partial charge in [0.05, 0.1) is 18.2 Å². The minimum absolute atomic E-state index is 0.0779. The fourth-order valence-electron chi connectivity index (χ4n) is 2.15. The molecule has 0 saturated carbocycles. The van der Waals surface area contributed by atoms with E-state index in [1.54, 1.807) is 19.1 Å². The van der Waals surface area contributed by atoms with Gasteiger partial charge in [-0.15, -0.1) is 0 Å². The molecule has 8 heteroatoms. The van der Waals surface area contributed by atoms with Gasteiger partial charge in [0, 0.05) is 10.7 Å². The molecule has 0 atom stereocenters. The minimum atomic E-state index is -0.718. The van der Waals surface area contributed by atoms with Crippen LogP contribution in [-0.2, 0) is 9.53 Å². The molecule has 7 nitrogen and oxygen atoms in total. The molecule has 0 aliphatic heterocycles. The summed E-state index contributed by atoms with van der Waals surface area (Å²) in [6.07, 6.45) is 0. The lowest BCUT2D eigenvalue weighted by atomic mass is 10.1. The molecule has 2 amide bonds. The maximum absolute atomic E-state index is 12.1. The van der Waals surface area contributed by atoms with Crippen LogP contribution in [0.15, 0.2) is 36.4 Å². The van der Waals surface area contributed by atoms with E-state index in [4.69, 9.17) is 22.1 Å². The molecule has 0 radical (unpaired) electrons. The van der Waals surface area contributed by atoms with Crippen molar-refractivity contribution >= 4 is 35.1 Å². The van der Waals surface area contributed by atoms with E-state index in [2.05, 4.69) is 10.1 Å². The summed E-state index contributed by atoms with van der Waals surface area (Å²) in [4.78, 5) is 35.2. The van der Waals surface area contributed by atoms with E-state index in [0.717, 1.165) is 5.56 Å². The van der Waals surface area contributed by atoms with Crippen LogP contribution >= 0.6 is 11.6 Å². The molecule has 136 valence electrons. The van der Waals surface area contributed by atoms with Crippen LogP contribution in [0.25, 0.3) is 0 Å². The van der Waals surface area contributed by atoms with E-state index in [1.807, 2.05) is 0 Å². The van der Waals surface area contributed by atoms with Crippen molar-refractivity contribution < 1.29 is 23.9 Å². The van der Waals surface area contributed by atoms with Crippen LogP contribution < -0.4 is 15.8 Å². The molecule has 0 spiro atoms. The Labute approximate surface area is 155 Å². The van der Waals surface area contributed by atoms with Crippen molar-refractivity contribution in [1.29, 1.82) is 0 Å². The van der Waals surface area contributed by atoms with Crippen molar-refractivity contribution in [3.8, 4) is 5.75 Å². The van der Waals surface area contributed by atoms with Crippen LogP contribution in [0.2, 0.25) is 5.02 Å². The highest BCUT2D eigenvalue weighted by molar-refractivity contribution is 6.31. The summed E-state index contributed by atoms with van der Waals surface area (Å²) in [5, 5.41) is 2.97. The number of amides is 2. The number of carbonyl (C=O) groups excluding carboxylic acids is 3. The lowest BCUT2D eigenvalue weighted by Gasteiger charge is -2.12. The summed E-state index contributed by atoms with van der Waals surface area (Å²) < 4.78 is 10.0. The van der Waals surface area contributed by atoms with Crippen molar-refractivity contribution in [2.24, 2.45) is 5.73 Å². The highest BCUT2D eigenvalue weighted by Gasteiger charge is 2.14. The van der Waals surface area contributed by atoms with Gasteiger partial charge in [0.25, 0.3) is 11.8 Å². The van der Waals surface area contributed by atoms with Crippen LogP contribution in [0.4, 0.5) is 5.69 Å². The number of aryl methyl sites for hydroxylation is 1. The summed E-state index contributed by atoms with van der Waals surface area (Å²) in [5.41, 5.74) is 6.87. The van der Waals surface area contributed by atoms with Crippen molar-refractivity contribution in [3.05, 3.63) is 58.1 Å². The van der Waals surface area contributed by atoms with Gasteiger partial charge in [0.15, 0.2) is 6.61 Å². The van der Waals surface area contributed by atoms with Gasteiger partial charge in [-0.2, -0.15) is 0 Å². The molecular formula is C18H17ClN2O5. The summed E-state index contributed by atoms with van der Waals surface area (Å²) in [7, 11) is 1.27. The molecule has 0 fully saturated rings. The first kappa shape index (κ1) is 19.3. The maximum Gasteiger partial charge on any atom is 0.337 e. The molecule has 0 bridgehead atoms. The monoisotopic (exact) mass is 376 g/mol. The third kappa shape index (κ3) is 4.73. The highest BCUT2D eigenvalue weighted by atomic mass is 35.5. The number of nitrogens with two attached hydrogens (primary N) is 1. The second-order valence-electron chi connectivity index (χ2n) is 5.36. The van der Waals surface area contributed by atoms with Crippen LogP contribution in [0.5, 0.6) is 5.75 Å². The smallest absolute Gasteiger partial charge is 0.337 e. The Bertz CT molecular complexity index is 867. The Morgan fingerprint density at radius 2 is 1.88 bits per heavy atom. The third-order valence-electron chi connectivity index (χ3n) is 3.50. The Hall–Kier alpha value is -3.06. The van der Waals surface area contributed by atoms with E-state index >= 15 is 0 Å². The number of hydrogen-bond acceptors (Lipinski definition) is 5. The van der Waals surface area contributed by atoms with E-state index in [0.29, 0.717) is 16.3 Å². The van der Waals surface area contributed by atoms with Crippen molar-refractivity contribution in [3.63, 3.8) is 0 Å². The topological polar surface area (TPSA) is 108 Å². The van der Waals surface area contributed by atoms with Crippen LogP contribution in [0.1, 0.15) is 26.3 Å². The fraction of sp³-hybridized carbons (Fsp3) is 0.167. The standard InChI is InChI=1S/C18H17ClN2O5/c1-10-3-4-11(18(24)25-2)7-14(10)21-16(22)9-26-15-6-5-12(19)8-13(15)17(20)23/h3-8H,9H2,1-2H3,(H2,20,23)(H,21,22). The van der Waals surface area contributed by atoms with Gasteiger partial charge in [-0.25, -0.2) is 4.79 Å². The Morgan fingerprint density at radius 1 is 1.15 bits per heavy atom. The molecule has 2 rings (SSSR count). The largest absolute Gasteiger partial charge is 0.483 e. The first-order valence-electron chi connectivity index (χ1n) is 7.52. The molecule has 3 N–H and O–H groups in total. The van der Waals surface area contributed by atoms with Crippen molar-refractivity contribution in [1.82, 2.24) is 0 Å². The summed E-state index contributed by atoms with van der Waals surface area (Å²) in [5.74, 6) is -1.55. The number of nitrogens with one attached hydrogen (secondary N) is 1. The molecular weight excluding hydrogens is 360 g/mol. The Morgan fingerprint density at radius 3 is 2.54 bits per heavy atom. The highest BCUT2D eigenvalue weighted by Crippen LogP contribution is 2.23. The molecule has 2 aromatic rings. The van der Waals surface area contributed by atoms with Gasteiger partial charge in [0.2, 0.25) is 0 Å². The van der Waals surface area contributed by atoms with E-state index < -0.39 is 17.8 Å². The third-order valence-corrected chi connectivity index (χ3v) is 3.73. The van der Waals surface area contributed by atoms with Gasteiger partial charge in [-0.3, -0.25) is 9.59 Å². The van der Waals surface area contributed by atoms with E-state index in [9.17, 15) is 14.4 Å². The molecule has 0 heterocycles. The van der Waals surface area contributed by atoms with Gasteiger partial charge >= 0.3 is 5.97 Å². The number of carbonyl (C=O) groups is 3. The lowest BCUT2D eigenvalue weighted by Crippen LogP contribution is -2.22. The minimum Gasteiger partial charge on any atom is -0.483 e. The molecule has 0 aromatic heterocycles. The molecule has 0 unspecified atom stereocenters. The average Bonchev–Trinajstić information content (AvgIpc) is 2.61. The Kier molecular flexibility index (Phi) is 6.19. The van der Waals surface area contributed by atoms with E-state index in [-0.39, 0.29) is 17.9 Å². The zero-order chi connectivity index (χ0) is 19.3. The molecule has 2 aromatic carbocycles. The number of hydrogen-bond donors (Lipinski definition) is 2. The first-order valence-corrected chi connectivity index (χ1v) is 7.90. The number of halogens is 1. The van der Waals surface area contributed by atoms with Crippen LogP contribution in [-0.4, -0.2) is 31.5 Å². The van der Waals surface area contributed by atoms with E-state index in [1.165, 1.54) is 31.4 Å². The average molecular weight is 377 g/mol. The zero-order valence-corrected chi connectivity index (χ0v) is 14.9. The number of rotatable bonds is 6. The van der Waals surface area contributed by atoms with Crippen LogP contribution in [0.3, 0.4) is 0 Å². The van der Waals surface area contributed by atoms with Gasteiger partial charge < -0.3 is 20.5 Å².